The third-order valence-electron chi connectivity index (χ3n) is 2.59. The molecule has 3 nitrogen and oxygen atoms in total. The molecule has 0 unspecified atom stereocenters. The molecule has 0 saturated heterocycles. The highest BCUT2D eigenvalue weighted by atomic mass is 15.0. The molecule has 1 heterocycles. The van der Waals surface area contributed by atoms with Crippen LogP contribution in [0.25, 0.3) is 0 Å². The zero-order chi connectivity index (χ0) is 8.39. The Hall–Kier alpha value is -0.830. The Bertz CT molecular complexity index is 250. The molecule has 1 saturated carbocycles. The van der Waals surface area contributed by atoms with Gasteiger partial charge in [-0.3, -0.25) is 0 Å². The van der Waals surface area contributed by atoms with Crippen molar-refractivity contribution in [1.82, 2.24) is 9.55 Å². The topological polar surface area (TPSA) is 43.8 Å². The molecule has 0 radical (unpaired) electrons. The molecule has 1 aliphatic rings. The molecule has 0 spiro atoms. The maximum Gasteiger partial charge on any atom is 0.0950 e. The van der Waals surface area contributed by atoms with E-state index in [1.54, 1.807) is 0 Å². The van der Waals surface area contributed by atoms with E-state index in [9.17, 15) is 0 Å². The van der Waals surface area contributed by atoms with Crippen LogP contribution in [-0.4, -0.2) is 9.55 Å². The van der Waals surface area contributed by atoms with E-state index in [1.807, 2.05) is 6.33 Å². The van der Waals surface area contributed by atoms with Crippen molar-refractivity contribution >= 4 is 0 Å². The summed E-state index contributed by atoms with van der Waals surface area (Å²) in [7, 11) is 0. The Kier molecular flexibility index (Phi) is 2.13. The molecule has 0 aromatic carbocycles. The van der Waals surface area contributed by atoms with Crippen LogP contribution in [0.4, 0.5) is 0 Å². The first-order chi connectivity index (χ1) is 5.88. The van der Waals surface area contributed by atoms with Gasteiger partial charge in [0.1, 0.15) is 0 Å². The second-order valence-corrected chi connectivity index (χ2v) is 3.56. The third-order valence-corrected chi connectivity index (χ3v) is 2.59. The number of imidazole rings is 1. The molecular weight excluding hydrogens is 150 g/mol. The highest BCUT2D eigenvalue weighted by Crippen LogP contribution is 2.27. The van der Waals surface area contributed by atoms with Crippen LogP contribution in [0.15, 0.2) is 12.5 Å². The molecular formula is C9H15N3. The minimum absolute atomic E-state index is 0.553. The first kappa shape index (κ1) is 7.80. The van der Waals surface area contributed by atoms with E-state index < -0.39 is 0 Å². The molecule has 3 heteroatoms. The zero-order valence-electron chi connectivity index (χ0n) is 7.24. The van der Waals surface area contributed by atoms with Crippen molar-refractivity contribution in [1.29, 1.82) is 0 Å². The van der Waals surface area contributed by atoms with Gasteiger partial charge in [0.2, 0.25) is 0 Å². The fourth-order valence-electron chi connectivity index (χ4n) is 1.59. The summed E-state index contributed by atoms with van der Waals surface area (Å²) < 4.78 is 2.16. The lowest BCUT2D eigenvalue weighted by molar-refractivity contribution is 0.276. The summed E-state index contributed by atoms with van der Waals surface area (Å²) in [6.07, 6.45) is 8.12. The highest BCUT2D eigenvalue weighted by Gasteiger charge is 2.17. The van der Waals surface area contributed by atoms with Gasteiger partial charge in [0.15, 0.2) is 0 Å². The summed E-state index contributed by atoms with van der Waals surface area (Å²) in [5, 5.41) is 0. The first-order valence-corrected chi connectivity index (χ1v) is 4.59. The van der Waals surface area contributed by atoms with Gasteiger partial charge in [-0.05, 0) is 18.8 Å². The van der Waals surface area contributed by atoms with Crippen LogP contribution in [0.5, 0.6) is 0 Å². The van der Waals surface area contributed by atoms with Crippen molar-refractivity contribution in [3.63, 3.8) is 0 Å². The van der Waals surface area contributed by atoms with E-state index in [0.717, 1.165) is 18.2 Å². The van der Waals surface area contributed by atoms with Crippen molar-refractivity contribution < 1.29 is 0 Å². The number of nitrogens with two attached hydrogens (primary N) is 1. The molecule has 2 N–H and O–H groups in total. The van der Waals surface area contributed by atoms with Gasteiger partial charge in [-0.15, -0.1) is 0 Å². The molecule has 66 valence electrons. The van der Waals surface area contributed by atoms with Gasteiger partial charge < -0.3 is 10.3 Å². The highest BCUT2D eigenvalue weighted by molar-refractivity contribution is 4.95. The Morgan fingerprint density at radius 1 is 1.58 bits per heavy atom. The van der Waals surface area contributed by atoms with Crippen molar-refractivity contribution in [2.45, 2.75) is 32.4 Å². The van der Waals surface area contributed by atoms with Crippen molar-refractivity contribution in [2.75, 3.05) is 0 Å². The number of aromatic nitrogens is 2. The minimum Gasteiger partial charge on any atom is -0.337 e. The predicted molar refractivity (Wildman–Crippen MR) is 47.5 cm³/mol. The average molecular weight is 165 g/mol. The molecule has 1 fully saturated rings. The van der Waals surface area contributed by atoms with Gasteiger partial charge in [0, 0.05) is 19.3 Å². The lowest BCUT2D eigenvalue weighted by Crippen LogP contribution is -2.17. The number of hydrogen-bond donors (Lipinski definition) is 1. The standard InChI is InChI=1S/C9H15N3/c10-4-9-6-12(7-11-9)5-8-2-1-3-8/h6-8H,1-5,10H2. The van der Waals surface area contributed by atoms with Crippen LogP contribution in [0, 0.1) is 5.92 Å². The molecule has 0 bridgehead atoms. The maximum atomic E-state index is 5.46. The fraction of sp³-hybridized carbons (Fsp3) is 0.667. The number of nitrogens with zero attached hydrogens (tertiary/aromatic N) is 2. The largest absolute Gasteiger partial charge is 0.337 e. The summed E-state index contributed by atoms with van der Waals surface area (Å²) in [4.78, 5) is 4.18. The third kappa shape index (κ3) is 1.50. The summed E-state index contributed by atoms with van der Waals surface area (Å²) in [5.74, 6) is 0.893. The number of hydrogen-bond acceptors (Lipinski definition) is 2. The van der Waals surface area contributed by atoms with E-state index >= 15 is 0 Å². The first-order valence-electron chi connectivity index (χ1n) is 4.59. The molecule has 0 amide bonds. The smallest absolute Gasteiger partial charge is 0.0950 e. The van der Waals surface area contributed by atoms with Gasteiger partial charge in [0.25, 0.3) is 0 Å². The predicted octanol–water partition coefficient (Wildman–Crippen LogP) is 1.14. The van der Waals surface area contributed by atoms with Crippen LogP contribution in [0.3, 0.4) is 0 Å². The van der Waals surface area contributed by atoms with E-state index in [-0.39, 0.29) is 0 Å². The quantitative estimate of drug-likeness (QED) is 0.730. The van der Waals surface area contributed by atoms with E-state index in [2.05, 4.69) is 15.7 Å². The lowest BCUT2D eigenvalue weighted by Gasteiger charge is -2.25. The Balaban J connectivity index is 1.93. The Morgan fingerprint density at radius 2 is 2.42 bits per heavy atom. The van der Waals surface area contributed by atoms with Crippen LogP contribution in [0.2, 0.25) is 0 Å². The van der Waals surface area contributed by atoms with Crippen LogP contribution < -0.4 is 5.73 Å². The molecule has 1 aliphatic carbocycles. The van der Waals surface area contributed by atoms with Crippen molar-refractivity contribution in [3.8, 4) is 0 Å². The minimum atomic E-state index is 0.553. The molecule has 0 aliphatic heterocycles. The molecule has 1 aromatic heterocycles. The molecule has 1 aromatic rings. The Morgan fingerprint density at radius 3 is 2.92 bits per heavy atom. The van der Waals surface area contributed by atoms with Gasteiger partial charge in [-0.2, -0.15) is 0 Å². The molecule has 2 rings (SSSR count). The van der Waals surface area contributed by atoms with Gasteiger partial charge in [-0.1, -0.05) is 6.42 Å². The maximum absolute atomic E-state index is 5.46. The lowest BCUT2D eigenvalue weighted by atomic mass is 9.85. The van der Waals surface area contributed by atoms with Crippen molar-refractivity contribution in [3.05, 3.63) is 18.2 Å². The normalized spacial score (nSPS) is 17.8. The van der Waals surface area contributed by atoms with Crippen LogP contribution in [-0.2, 0) is 13.1 Å². The summed E-state index contributed by atoms with van der Waals surface area (Å²) >= 11 is 0. The van der Waals surface area contributed by atoms with Crippen LogP contribution in [0.1, 0.15) is 25.0 Å². The van der Waals surface area contributed by atoms with E-state index in [4.69, 9.17) is 5.73 Å². The van der Waals surface area contributed by atoms with Gasteiger partial charge in [0.05, 0.1) is 12.0 Å². The summed E-state index contributed by atoms with van der Waals surface area (Å²) in [5.41, 5.74) is 6.46. The SMILES string of the molecule is NCc1cn(CC2CCC2)cn1. The number of rotatable bonds is 3. The van der Waals surface area contributed by atoms with Crippen molar-refractivity contribution in [2.24, 2.45) is 11.7 Å². The monoisotopic (exact) mass is 165 g/mol. The van der Waals surface area contributed by atoms with Gasteiger partial charge in [-0.25, -0.2) is 4.98 Å². The average Bonchev–Trinajstić information content (AvgIpc) is 2.44. The molecule has 12 heavy (non-hydrogen) atoms. The molecule has 0 atom stereocenters. The zero-order valence-corrected chi connectivity index (χ0v) is 7.24. The van der Waals surface area contributed by atoms with Gasteiger partial charge >= 0.3 is 0 Å². The summed E-state index contributed by atoms with van der Waals surface area (Å²) in [6.45, 7) is 1.69. The van der Waals surface area contributed by atoms with E-state index in [1.165, 1.54) is 19.3 Å². The fourth-order valence-corrected chi connectivity index (χ4v) is 1.59. The van der Waals surface area contributed by atoms with Crippen LogP contribution >= 0.6 is 0 Å². The summed E-state index contributed by atoms with van der Waals surface area (Å²) in [6, 6.07) is 0. The second-order valence-electron chi connectivity index (χ2n) is 3.56. The van der Waals surface area contributed by atoms with E-state index in [0.29, 0.717) is 6.54 Å². The second kappa shape index (κ2) is 3.27. The Labute approximate surface area is 72.6 Å².